The maximum Gasteiger partial charge on any atom is 0.289 e. The minimum Gasteiger partial charge on any atom is -0.459 e. The van der Waals surface area contributed by atoms with Crippen LogP contribution in [0.2, 0.25) is 0 Å². The average molecular weight is 339 g/mol. The van der Waals surface area contributed by atoms with Gasteiger partial charge in [0.05, 0.1) is 12.8 Å². The molecule has 0 aliphatic carbocycles. The third kappa shape index (κ3) is 3.95. The summed E-state index contributed by atoms with van der Waals surface area (Å²) >= 11 is 0. The van der Waals surface area contributed by atoms with Gasteiger partial charge in [-0.1, -0.05) is 12.1 Å². The number of benzene rings is 1. The number of furan rings is 1. The Morgan fingerprint density at radius 3 is 2.52 bits per heavy atom. The van der Waals surface area contributed by atoms with Crippen molar-refractivity contribution in [3.63, 3.8) is 0 Å². The van der Waals surface area contributed by atoms with Gasteiger partial charge in [0.25, 0.3) is 5.91 Å². The molecule has 3 aromatic rings. The van der Waals surface area contributed by atoms with Crippen molar-refractivity contribution in [2.45, 2.75) is 6.92 Å². The zero-order valence-electron chi connectivity index (χ0n) is 13.9. The summed E-state index contributed by atoms with van der Waals surface area (Å²) in [5.41, 5.74) is 2.26. The highest BCUT2D eigenvalue weighted by atomic mass is 16.3. The lowest BCUT2D eigenvalue weighted by molar-refractivity contribution is -0.116. The van der Waals surface area contributed by atoms with E-state index in [-0.39, 0.29) is 24.1 Å². The Bertz CT molecular complexity index is 866. The van der Waals surface area contributed by atoms with Gasteiger partial charge < -0.3 is 19.1 Å². The van der Waals surface area contributed by atoms with Gasteiger partial charge in [-0.05, 0) is 24.3 Å². The van der Waals surface area contributed by atoms with Gasteiger partial charge in [-0.3, -0.25) is 9.59 Å². The standard InChI is InChI=1S/C18H17N3O4/c1-12-19-15(11-25-12)13-5-7-14(8-6-13)20-17(22)10-21(2)18(23)16-4-3-9-24-16/h3-9,11H,10H2,1-2H3,(H,20,22). The minimum atomic E-state index is -0.350. The smallest absolute Gasteiger partial charge is 0.289 e. The molecule has 0 radical (unpaired) electrons. The fourth-order valence-corrected chi connectivity index (χ4v) is 2.30. The number of amides is 2. The lowest BCUT2D eigenvalue weighted by atomic mass is 10.1. The Kier molecular flexibility index (Phi) is 4.65. The van der Waals surface area contributed by atoms with E-state index in [4.69, 9.17) is 8.83 Å². The number of likely N-dealkylation sites (N-methyl/N-ethyl adjacent to an activating group) is 1. The van der Waals surface area contributed by atoms with E-state index < -0.39 is 0 Å². The molecule has 0 spiro atoms. The van der Waals surface area contributed by atoms with E-state index in [1.54, 1.807) is 44.5 Å². The van der Waals surface area contributed by atoms with Crippen LogP contribution in [0.15, 0.2) is 57.8 Å². The summed E-state index contributed by atoms with van der Waals surface area (Å²) < 4.78 is 10.2. The van der Waals surface area contributed by atoms with Crippen LogP contribution in [-0.2, 0) is 4.79 Å². The quantitative estimate of drug-likeness (QED) is 0.772. The number of aryl methyl sites for hydroxylation is 1. The van der Waals surface area contributed by atoms with Crippen LogP contribution in [-0.4, -0.2) is 35.3 Å². The van der Waals surface area contributed by atoms with Crippen LogP contribution in [0.4, 0.5) is 5.69 Å². The first-order valence-electron chi connectivity index (χ1n) is 7.64. The molecular formula is C18H17N3O4. The molecular weight excluding hydrogens is 322 g/mol. The van der Waals surface area contributed by atoms with Crippen LogP contribution in [0.3, 0.4) is 0 Å². The SMILES string of the molecule is Cc1nc(-c2ccc(NC(=O)CN(C)C(=O)c3ccco3)cc2)co1. The van der Waals surface area contributed by atoms with Gasteiger partial charge >= 0.3 is 0 Å². The van der Waals surface area contributed by atoms with E-state index in [1.807, 2.05) is 12.1 Å². The van der Waals surface area contributed by atoms with Crippen molar-refractivity contribution < 1.29 is 18.4 Å². The molecule has 1 N–H and O–H groups in total. The Morgan fingerprint density at radius 2 is 1.92 bits per heavy atom. The molecule has 1 aromatic carbocycles. The van der Waals surface area contributed by atoms with E-state index in [2.05, 4.69) is 10.3 Å². The Labute approximate surface area is 144 Å². The van der Waals surface area contributed by atoms with Gasteiger partial charge in [-0.15, -0.1) is 0 Å². The van der Waals surface area contributed by atoms with Gasteiger partial charge in [0, 0.05) is 25.2 Å². The number of hydrogen-bond acceptors (Lipinski definition) is 5. The molecule has 0 saturated carbocycles. The molecule has 0 aliphatic heterocycles. The highest BCUT2D eigenvalue weighted by molar-refractivity contribution is 5.98. The summed E-state index contributed by atoms with van der Waals surface area (Å²) in [5, 5.41) is 2.75. The number of carbonyl (C=O) groups is 2. The van der Waals surface area contributed by atoms with Crippen LogP contribution < -0.4 is 5.32 Å². The molecule has 2 aromatic heterocycles. The average Bonchev–Trinajstić information content (AvgIpc) is 3.26. The topological polar surface area (TPSA) is 88.6 Å². The van der Waals surface area contributed by atoms with Gasteiger partial charge in [-0.2, -0.15) is 0 Å². The molecule has 0 aliphatic rings. The van der Waals surface area contributed by atoms with Crippen LogP contribution in [0.1, 0.15) is 16.4 Å². The molecule has 2 amide bonds. The summed E-state index contributed by atoms with van der Waals surface area (Å²) in [6.45, 7) is 1.70. The molecule has 0 atom stereocenters. The largest absolute Gasteiger partial charge is 0.459 e. The van der Waals surface area contributed by atoms with Gasteiger partial charge in [0.15, 0.2) is 11.7 Å². The third-order valence-corrected chi connectivity index (χ3v) is 3.54. The number of oxazole rings is 1. The number of nitrogens with one attached hydrogen (secondary N) is 1. The van der Waals surface area contributed by atoms with E-state index in [9.17, 15) is 9.59 Å². The van der Waals surface area contributed by atoms with Crippen molar-refractivity contribution in [1.82, 2.24) is 9.88 Å². The van der Waals surface area contributed by atoms with Crippen molar-refractivity contribution >= 4 is 17.5 Å². The molecule has 2 heterocycles. The molecule has 0 saturated heterocycles. The Hall–Kier alpha value is -3.35. The molecule has 0 unspecified atom stereocenters. The number of anilines is 1. The lowest BCUT2D eigenvalue weighted by Gasteiger charge is -2.15. The van der Waals surface area contributed by atoms with Crippen LogP contribution in [0.25, 0.3) is 11.3 Å². The van der Waals surface area contributed by atoms with Gasteiger partial charge in [0.2, 0.25) is 5.91 Å². The number of nitrogens with zero attached hydrogens (tertiary/aromatic N) is 2. The molecule has 0 fully saturated rings. The number of carbonyl (C=O) groups excluding carboxylic acids is 2. The van der Waals surface area contributed by atoms with Crippen molar-refractivity contribution in [3.05, 3.63) is 60.6 Å². The second-order valence-corrected chi connectivity index (χ2v) is 5.52. The maximum atomic E-state index is 12.1. The first-order chi connectivity index (χ1) is 12.0. The van der Waals surface area contributed by atoms with E-state index in [0.29, 0.717) is 11.6 Å². The second-order valence-electron chi connectivity index (χ2n) is 5.52. The van der Waals surface area contributed by atoms with Crippen LogP contribution in [0.5, 0.6) is 0 Å². The van der Waals surface area contributed by atoms with E-state index >= 15 is 0 Å². The Morgan fingerprint density at radius 1 is 1.16 bits per heavy atom. The first-order valence-corrected chi connectivity index (χ1v) is 7.64. The Balaban J connectivity index is 1.58. The molecule has 3 rings (SSSR count). The summed E-state index contributed by atoms with van der Waals surface area (Å²) in [5.74, 6) is 0.142. The van der Waals surface area contributed by atoms with Crippen molar-refractivity contribution in [3.8, 4) is 11.3 Å². The second kappa shape index (κ2) is 7.04. The number of hydrogen-bond donors (Lipinski definition) is 1. The van der Waals surface area contributed by atoms with Crippen molar-refractivity contribution in [1.29, 1.82) is 0 Å². The first kappa shape index (κ1) is 16.5. The zero-order chi connectivity index (χ0) is 17.8. The molecule has 0 bridgehead atoms. The fraction of sp³-hybridized carbons (Fsp3) is 0.167. The van der Waals surface area contributed by atoms with E-state index in [1.165, 1.54) is 11.2 Å². The summed E-state index contributed by atoms with van der Waals surface area (Å²) in [6.07, 6.45) is 3.00. The van der Waals surface area contributed by atoms with E-state index in [0.717, 1.165) is 11.3 Å². The van der Waals surface area contributed by atoms with Crippen molar-refractivity contribution in [2.75, 3.05) is 18.9 Å². The predicted octanol–water partition coefficient (Wildman–Crippen LogP) is 2.95. The highest BCUT2D eigenvalue weighted by Crippen LogP contribution is 2.20. The summed E-state index contributed by atoms with van der Waals surface area (Å²) in [7, 11) is 1.54. The third-order valence-electron chi connectivity index (χ3n) is 3.54. The summed E-state index contributed by atoms with van der Waals surface area (Å²) in [4.78, 5) is 29.7. The molecule has 7 heteroatoms. The minimum absolute atomic E-state index is 0.0796. The molecule has 7 nitrogen and oxygen atoms in total. The molecule has 25 heavy (non-hydrogen) atoms. The van der Waals surface area contributed by atoms with Gasteiger partial charge in [-0.25, -0.2) is 4.98 Å². The molecule has 128 valence electrons. The maximum absolute atomic E-state index is 12.1. The monoisotopic (exact) mass is 339 g/mol. The summed E-state index contributed by atoms with van der Waals surface area (Å²) in [6, 6.07) is 10.4. The van der Waals surface area contributed by atoms with Crippen LogP contribution in [0, 0.1) is 6.92 Å². The normalized spacial score (nSPS) is 10.5. The fourth-order valence-electron chi connectivity index (χ4n) is 2.30. The highest BCUT2D eigenvalue weighted by Gasteiger charge is 2.17. The predicted molar refractivity (Wildman–Crippen MR) is 91.0 cm³/mol. The zero-order valence-corrected chi connectivity index (χ0v) is 13.9. The van der Waals surface area contributed by atoms with Gasteiger partial charge in [0.1, 0.15) is 12.0 Å². The number of rotatable bonds is 5. The lowest BCUT2D eigenvalue weighted by Crippen LogP contribution is -2.34. The number of aromatic nitrogens is 1. The van der Waals surface area contributed by atoms with Crippen molar-refractivity contribution in [2.24, 2.45) is 0 Å². The van der Waals surface area contributed by atoms with Crippen LogP contribution >= 0.6 is 0 Å².